The van der Waals surface area contributed by atoms with Gasteiger partial charge < -0.3 is 0 Å². The van der Waals surface area contributed by atoms with Crippen LogP contribution in [0.25, 0.3) is 0 Å². The Kier molecular flexibility index (Phi) is 3.86. The summed E-state index contributed by atoms with van der Waals surface area (Å²) in [7, 11) is 0. The first-order valence-electron chi connectivity index (χ1n) is 4.87. The van der Waals surface area contributed by atoms with Crippen LogP contribution in [0.1, 0.15) is 5.56 Å². The van der Waals surface area contributed by atoms with E-state index in [2.05, 4.69) is 0 Å². The van der Waals surface area contributed by atoms with Crippen molar-refractivity contribution in [2.45, 2.75) is 10.6 Å². The lowest BCUT2D eigenvalue weighted by Crippen LogP contribution is -1.80. The van der Waals surface area contributed by atoms with Crippen molar-refractivity contribution in [3.63, 3.8) is 0 Å². The molecule has 82 valence electrons. The molecule has 16 heavy (non-hydrogen) atoms. The molecular weight excluding hydrogens is 243 g/mol. The molecule has 0 radical (unpaired) electrons. The van der Waals surface area contributed by atoms with Crippen LogP contribution in [0.3, 0.4) is 0 Å². The summed E-state index contributed by atoms with van der Waals surface area (Å²) in [5, 5.41) is 0.736. The zero-order chi connectivity index (χ0) is 11.4. The maximum atomic E-state index is 12.9. The van der Waals surface area contributed by atoms with Gasteiger partial charge in [-0.25, -0.2) is 4.39 Å². The standard InChI is InChI=1S/C13H10ClFS/c14-11-6-4-10(5-7-11)9-16-13-3-1-2-12(15)8-13/h1-8H,9H2. The Morgan fingerprint density at radius 2 is 1.81 bits per heavy atom. The van der Waals surface area contributed by atoms with Gasteiger partial charge in [-0.1, -0.05) is 29.8 Å². The van der Waals surface area contributed by atoms with E-state index in [9.17, 15) is 4.39 Å². The molecule has 0 spiro atoms. The molecule has 0 saturated carbocycles. The van der Waals surface area contributed by atoms with E-state index in [4.69, 9.17) is 11.6 Å². The fourth-order valence-electron chi connectivity index (χ4n) is 1.30. The second-order valence-electron chi connectivity index (χ2n) is 3.37. The molecule has 0 aliphatic carbocycles. The van der Waals surface area contributed by atoms with Crippen LogP contribution in [0.2, 0.25) is 5.02 Å². The molecule has 2 aromatic carbocycles. The smallest absolute Gasteiger partial charge is 0.124 e. The maximum absolute atomic E-state index is 12.9. The van der Waals surface area contributed by atoms with Crippen molar-refractivity contribution in [2.75, 3.05) is 0 Å². The molecule has 0 saturated heterocycles. The molecule has 0 amide bonds. The summed E-state index contributed by atoms with van der Waals surface area (Å²) >= 11 is 7.40. The van der Waals surface area contributed by atoms with Crippen molar-refractivity contribution < 1.29 is 4.39 Å². The van der Waals surface area contributed by atoms with E-state index >= 15 is 0 Å². The average Bonchev–Trinajstić information content (AvgIpc) is 2.28. The predicted octanol–water partition coefficient (Wildman–Crippen LogP) is 4.77. The Morgan fingerprint density at radius 3 is 2.50 bits per heavy atom. The molecule has 0 nitrogen and oxygen atoms in total. The molecule has 0 aliphatic heterocycles. The summed E-state index contributed by atoms with van der Waals surface area (Å²) in [6, 6.07) is 14.3. The first-order chi connectivity index (χ1) is 7.74. The van der Waals surface area contributed by atoms with Crippen LogP contribution in [0, 0.1) is 5.82 Å². The summed E-state index contributed by atoms with van der Waals surface area (Å²) in [5.41, 5.74) is 1.18. The highest BCUT2D eigenvalue weighted by Crippen LogP contribution is 2.23. The Bertz CT molecular complexity index is 468. The number of rotatable bonds is 3. The molecular formula is C13H10ClFS. The maximum Gasteiger partial charge on any atom is 0.124 e. The molecule has 0 aliphatic rings. The van der Waals surface area contributed by atoms with E-state index in [0.29, 0.717) is 0 Å². The lowest BCUT2D eigenvalue weighted by Gasteiger charge is -2.02. The van der Waals surface area contributed by atoms with Gasteiger partial charge in [0.15, 0.2) is 0 Å². The van der Waals surface area contributed by atoms with Crippen molar-refractivity contribution in [1.82, 2.24) is 0 Å². The summed E-state index contributed by atoms with van der Waals surface area (Å²) in [6.45, 7) is 0. The Morgan fingerprint density at radius 1 is 1.06 bits per heavy atom. The fraction of sp³-hybridized carbons (Fsp3) is 0.0769. The van der Waals surface area contributed by atoms with Gasteiger partial charge in [0.05, 0.1) is 0 Å². The van der Waals surface area contributed by atoms with Gasteiger partial charge in [0.25, 0.3) is 0 Å². The Hall–Kier alpha value is -0.990. The van der Waals surface area contributed by atoms with Gasteiger partial charge in [-0.2, -0.15) is 0 Å². The molecule has 3 heteroatoms. The van der Waals surface area contributed by atoms with Crippen LogP contribution < -0.4 is 0 Å². The molecule has 0 N–H and O–H groups in total. The van der Waals surface area contributed by atoms with Crippen LogP contribution in [0.5, 0.6) is 0 Å². The van der Waals surface area contributed by atoms with Crippen LogP contribution >= 0.6 is 23.4 Å². The van der Waals surface area contributed by atoms with Crippen LogP contribution in [0.4, 0.5) is 4.39 Å². The van der Waals surface area contributed by atoms with E-state index in [1.54, 1.807) is 23.9 Å². The zero-order valence-corrected chi connectivity index (χ0v) is 10.1. The minimum absolute atomic E-state index is 0.193. The van der Waals surface area contributed by atoms with Gasteiger partial charge in [0.1, 0.15) is 5.82 Å². The quantitative estimate of drug-likeness (QED) is 0.709. The second kappa shape index (κ2) is 5.37. The third kappa shape index (κ3) is 3.26. The van der Waals surface area contributed by atoms with Crippen molar-refractivity contribution in [2.24, 2.45) is 0 Å². The molecule has 0 bridgehead atoms. The lowest BCUT2D eigenvalue weighted by atomic mass is 10.2. The lowest BCUT2D eigenvalue weighted by molar-refractivity contribution is 0.624. The van der Waals surface area contributed by atoms with Gasteiger partial charge in [0.2, 0.25) is 0 Å². The molecule has 0 aromatic heterocycles. The summed E-state index contributed by atoms with van der Waals surface area (Å²) in [4.78, 5) is 0.940. The highest BCUT2D eigenvalue weighted by molar-refractivity contribution is 7.98. The first kappa shape index (κ1) is 11.5. The second-order valence-corrected chi connectivity index (χ2v) is 4.86. The summed E-state index contributed by atoms with van der Waals surface area (Å²) in [5.74, 6) is 0.627. The molecule has 2 aromatic rings. The van der Waals surface area contributed by atoms with E-state index in [-0.39, 0.29) is 5.82 Å². The Balaban J connectivity index is 1.99. The van der Waals surface area contributed by atoms with E-state index in [1.165, 1.54) is 11.6 Å². The van der Waals surface area contributed by atoms with Gasteiger partial charge in [-0.3, -0.25) is 0 Å². The van der Waals surface area contributed by atoms with Crippen LogP contribution in [-0.2, 0) is 5.75 Å². The molecule has 0 heterocycles. The number of hydrogen-bond donors (Lipinski definition) is 0. The van der Waals surface area contributed by atoms with Gasteiger partial charge >= 0.3 is 0 Å². The topological polar surface area (TPSA) is 0 Å². The predicted molar refractivity (Wildman–Crippen MR) is 67.4 cm³/mol. The zero-order valence-electron chi connectivity index (χ0n) is 8.49. The van der Waals surface area contributed by atoms with Crippen molar-refractivity contribution in [1.29, 1.82) is 0 Å². The average molecular weight is 253 g/mol. The van der Waals surface area contributed by atoms with E-state index in [1.807, 2.05) is 30.3 Å². The van der Waals surface area contributed by atoms with Crippen molar-refractivity contribution >= 4 is 23.4 Å². The van der Waals surface area contributed by atoms with Crippen molar-refractivity contribution in [3.8, 4) is 0 Å². The number of thioether (sulfide) groups is 1. The highest BCUT2D eigenvalue weighted by atomic mass is 35.5. The number of halogens is 2. The third-order valence-electron chi connectivity index (χ3n) is 2.11. The van der Waals surface area contributed by atoms with Crippen LogP contribution in [0.15, 0.2) is 53.4 Å². The van der Waals surface area contributed by atoms with E-state index < -0.39 is 0 Å². The number of benzene rings is 2. The molecule has 0 atom stereocenters. The van der Waals surface area contributed by atoms with Gasteiger partial charge in [-0.05, 0) is 35.9 Å². The first-order valence-corrected chi connectivity index (χ1v) is 6.23. The fourth-order valence-corrected chi connectivity index (χ4v) is 2.33. The highest BCUT2D eigenvalue weighted by Gasteiger charge is 1.98. The van der Waals surface area contributed by atoms with Crippen molar-refractivity contribution in [3.05, 3.63) is 64.9 Å². The molecule has 0 fully saturated rings. The SMILES string of the molecule is Fc1cccc(SCc2ccc(Cl)cc2)c1. The van der Waals surface area contributed by atoms with Gasteiger partial charge in [-0.15, -0.1) is 11.8 Å². The normalized spacial score (nSPS) is 10.4. The summed E-state index contributed by atoms with van der Waals surface area (Å²) < 4.78 is 12.9. The monoisotopic (exact) mass is 252 g/mol. The molecule has 2 rings (SSSR count). The largest absolute Gasteiger partial charge is 0.207 e. The summed E-state index contributed by atoms with van der Waals surface area (Å²) in [6.07, 6.45) is 0. The minimum atomic E-state index is -0.193. The number of hydrogen-bond acceptors (Lipinski definition) is 1. The van der Waals surface area contributed by atoms with E-state index in [0.717, 1.165) is 15.7 Å². The molecule has 0 unspecified atom stereocenters. The van der Waals surface area contributed by atoms with Gasteiger partial charge in [0, 0.05) is 15.7 Å². The minimum Gasteiger partial charge on any atom is -0.207 e. The van der Waals surface area contributed by atoms with Crippen LogP contribution in [-0.4, -0.2) is 0 Å². The Labute approximate surface area is 103 Å². The third-order valence-corrected chi connectivity index (χ3v) is 3.43.